The van der Waals surface area contributed by atoms with E-state index in [1.807, 2.05) is 0 Å². The van der Waals surface area contributed by atoms with E-state index in [-0.39, 0.29) is 17.9 Å². The molecule has 1 aromatic heterocycles. The Bertz CT molecular complexity index is 937. The van der Waals surface area contributed by atoms with E-state index in [0.29, 0.717) is 27.7 Å². The molecule has 0 radical (unpaired) electrons. The number of methoxy groups -OCH3 is 1. The average molecular weight is 423 g/mol. The van der Waals surface area contributed by atoms with Gasteiger partial charge < -0.3 is 24.5 Å². The minimum Gasteiger partial charge on any atom is -0.495 e. The monoisotopic (exact) mass is 422 g/mol. The van der Waals surface area contributed by atoms with Crippen molar-refractivity contribution in [3.63, 3.8) is 0 Å². The third-order valence-electron chi connectivity index (χ3n) is 4.19. The van der Waals surface area contributed by atoms with Gasteiger partial charge in [0.05, 0.1) is 24.3 Å². The van der Waals surface area contributed by atoms with Gasteiger partial charge in [-0.05, 0) is 51.5 Å². The van der Waals surface area contributed by atoms with Crippen molar-refractivity contribution in [1.82, 2.24) is 4.98 Å². The molecule has 2 rings (SSSR count). The van der Waals surface area contributed by atoms with E-state index in [9.17, 15) is 14.4 Å². The van der Waals surface area contributed by atoms with Crippen molar-refractivity contribution < 1.29 is 28.6 Å². The first kappa shape index (κ1) is 22.3. The van der Waals surface area contributed by atoms with Gasteiger partial charge in [-0.1, -0.05) is 11.6 Å². The number of ether oxygens (including phenoxy) is 3. The fourth-order valence-corrected chi connectivity index (χ4v) is 2.98. The molecule has 29 heavy (non-hydrogen) atoms. The third kappa shape index (κ3) is 5.08. The first-order valence-corrected chi connectivity index (χ1v) is 9.29. The van der Waals surface area contributed by atoms with Gasteiger partial charge in [-0.15, -0.1) is 0 Å². The lowest BCUT2D eigenvalue weighted by Gasteiger charge is -2.14. The Morgan fingerprint density at radius 2 is 1.90 bits per heavy atom. The number of nitrogens with one attached hydrogen (secondary N) is 2. The Labute approximate surface area is 173 Å². The summed E-state index contributed by atoms with van der Waals surface area (Å²) in [6.45, 7) is 6.59. The summed E-state index contributed by atoms with van der Waals surface area (Å²) in [5, 5.41) is 2.96. The van der Waals surface area contributed by atoms with Crippen LogP contribution in [0.15, 0.2) is 18.2 Å². The summed E-state index contributed by atoms with van der Waals surface area (Å²) < 4.78 is 15.3. The highest BCUT2D eigenvalue weighted by Crippen LogP contribution is 2.27. The fraction of sp³-hybridized carbons (Fsp3) is 0.350. The maximum Gasteiger partial charge on any atom is 0.355 e. The normalized spacial score (nSPS) is 11.5. The van der Waals surface area contributed by atoms with Gasteiger partial charge in [-0.3, -0.25) is 4.79 Å². The van der Waals surface area contributed by atoms with Gasteiger partial charge in [-0.2, -0.15) is 0 Å². The quantitative estimate of drug-likeness (QED) is 0.659. The highest BCUT2D eigenvalue weighted by Gasteiger charge is 2.26. The number of amides is 1. The highest BCUT2D eigenvalue weighted by atomic mass is 35.5. The van der Waals surface area contributed by atoms with Crippen LogP contribution in [0, 0.1) is 13.8 Å². The first-order chi connectivity index (χ1) is 13.7. The number of hydrogen-bond donors (Lipinski definition) is 2. The number of esters is 2. The maximum atomic E-state index is 12.6. The van der Waals surface area contributed by atoms with Gasteiger partial charge >= 0.3 is 11.9 Å². The molecule has 0 aliphatic carbocycles. The summed E-state index contributed by atoms with van der Waals surface area (Å²) in [6, 6.07) is 4.75. The summed E-state index contributed by atoms with van der Waals surface area (Å²) in [5.41, 5.74) is 1.66. The zero-order valence-electron chi connectivity index (χ0n) is 16.8. The largest absolute Gasteiger partial charge is 0.495 e. The molecule has 9 heteroatoms. The van der Waals surface area contributed by atoms with E-state index in [1.54, 1.807) is 32.9 Å². The van der Waals surface area contributed by atoms with Crippen molar-refractivity contribution in [2.45, 2.75) is 33.8 Å². The Hall–Kier alpha value is -3.00. The number of carbonyl (C=O) groups is 3. The second-order valence-electron chi connectivity index (χ2n) is 6.23. The molecule has 0 aliphatic rings. The molecule has 156 valence electrons. The topological polar surface area (TPSA) is 107 Å². The molecule has 0 spiro atoms. The lowest BCUT2D eigenvalue weighted by molar-refractivity contribution is -0.123. The zero-order chi connectivity index (χ0) is 21.7. The summed E-state index contributed by atoms with van der Waals surface area (Å²) in [5.74, 6) is -1.34. The molecular weight excluding hydrogens is 400 g/mol. The van der Waals surface area contributed by atoms with Gasteiger partial charge in [0, 0.05) is 11.4 Å². The second kappa shape index (κ2) is 9.47. The Morgan fingerprint density at radius 1 is 1.21 bits per heavy atom. The number of aryl methyl sites for hydroxylation is 1. The van der Waals surface area contributed by atoms with E-state index in [1.165, 1.54) is 20.1 Å². The number of carbonyl (C=O) groups excluding carboxylic acids is 3. The predicted molar refractivity (Wildman–Crippen MR) is 108 cm³/mol. The summed E-state index contributed by atoms with van der Waals surface area (Å²) in [4.78, 5) is 39.7. The third-order valence-corrected chi connectivity index (χ3v) is 4.49. The van der Waals surface area contributed by atoms with E-state index in [4.69, 9.17) is 25.8 Å². The minimum atomic E-state index is -1.08. The number of aromatic nitrogens is 1. The van der Waals surface area contributed by atoms with Gasteiger partial charge in [-0.25, -0.2) is 9.59 Å². The molecule has 0 bridgehead atoms. The molecule has 1 atom stereocenters. The molecule has 1 amide bonds. The van der Waals surface area contributed by atoms with Crippen LogP contribution in [-0.2, 0) is 14.3 Å². The van der Waals surface area contributed by atoms with Gasteiger partial charge in [0.25, 0.3) is 5.91 Å². The number of benzene rings is 1. The lowest BCUT2D eigenvalue weighted by atomic mass is 10.1. The molecule has 0 saturated heterocycles. The van der Waals surface area contributed by atoms with E-state index >= 15 is 0 Å². The molecule has 0 saturated carbocycles. The number of H-pyrrole nitrogens is 1. The molecule has 0 unspecified atom stereocenters. The molecule has 2 aromatic rings. The highest BCUT2D eigenvalue weighted by molar-refractivity contribution is 6.32. The van der Waals surface area contributed by atoms with Crippen molar-refractivity contribution in [2.24, 2.45) is 0 Å². The van der Waals surface area contributed by atoms with Crippen LogP contribution in [0.2, 0.25) is 5.02 Å². The molecule has 8 nitrogen and oxygen atoms in total. The van der Waals surface area contributed by atoms with Crippen molar-refractivity contribution in [3.05, 3.63) is 45.7 Å². The maximum absolute atomic E-state index is 12.6. The van der Waals surface area contributed by atoms with Gasteiger partial charge in [0.15, 0.2) is 6.10 Å². The summed E-state index contributed by atoms with van der Waals surface area (Å²) >= 11 is 6.04. The average Bonchev–Trinajstić information content (AvgIpc) is 2.96. The molecule has 1 aromatic carbocycles. The summed E-state index contributed by atoms with van der Waals surface area (Å²) in [7, 11) is 1.49. The van der Waals surface area contributed by atoms with Crippen molar-refractivity contribution in [2.75, 3.05) is 19.0 Å². The molecular formula is C20H23ClN2O6. The molecule has 0 fully saturated rings. The predicted octanol–water partition coefficient (Wildman–Crippen LogP) is 3.65. The number of anilines is 1. The Kier molecular flexibility index (Phi) is 7.28. The van der Waals surface area contributed by atoms with Crippen LogP contribution in [0.5, 0.6) is 5.75 Å². The Balaban J connectivity index is 2.09. The standard InChI is InChI=1S/C20H23ClN2O6/c1-6-28-20(26)17-10(2)16(11(3)22-17)19(25)29-12(4)18(24)23-13-7-8-15(27-5)14(21)9-13/h7-9,12,22H,6H2,1-5H3,(H,23,24)/t12-/m1/s1. The second-order valence-corrected chi connectivity index (χ2v) is 6.64. The zero-order valence-corrected chi connectivity index (χ0v) is 17.6. The number of aromatic amines is 1. The van der Waals surface area contributed by atoms with Crippen molar-refractivity contribution >= 4 is 35.1 Å². The van der Waals surface area contributed by atoms with Crippen LogP contribution in [0.25, 0.3) is 0 Å². The van der Waals surface area contributed by atoms with E-state index in [0.717, 1.165) is 0 Å². The fourth-order valence-electron chi connectivity index (χ4n) is 2.72. The van der Waals surface area contributed by atoms with Crippen LogP contribution in [-0.4, -0.2) is 42.7 Å². The van der Waals surface area contributed by atoms with E-state index in [2.05, 4.69) is 10.3 Å². The SMILES string of the molecule is CCOC(=O)c1[nH]c(C)c(C(=O)O[C@H](C)C(=O)Nc2ccc(OC)c(Cl)c2)c1C. The van der Waals surface area contributed by atoms with Gasteiger partial charge in [0.2, 0.25) is 0 Å². The molecule has 2 N–H and O–H groups in total. The van der Waals surface area contributed by atoms with Crippen LogP contribution in [0.1, 0.15) is 46.0 Å². The lowest BCUT2D eigenvalue weighted by Crippen LogP contribution is -2.30. The van der Waals surface area contributed by atoms with Crippen LogP contribution in [0.3, 0.4) is 0 Å². The van der Waals surface area contributed by atoms with Crippen LogP contribution < -0.4 is 10.1 Å². The first-order valence-electron chi connectivity index (χ1n) is 8.91. The van der Waals surface area contributed by atoms with Crippen LogP contribution in [0.4, 0.5) is 5.69 Å². The number of halogens is 1. The molecule has 1 heterocycles. The van der Waals surface area contributed by atoms with Gasteiger partial charge in [0.1, 0.15) is 11.4 Å². The minimum absolute atomic E-state index is 0.182. The van der Waals surface area contributed by atoms with Crippen molar-refractivity contribution in [1.29, 1.82) is 0 Å². The molecule has 0 aliphatic heterocycles. The van der Waals surface area contributed by atoms with Crippen molar-refractivity contribution in [3.8, 4) is 5.75 Å². The number of hydrogen-bond acceptors (Lipinski definition) is 6. The van der Waals surface area contributed by atoms with Crippen LogP contribution >= 0.6 is 11.6 Å². The smallest absolute Gasteiger partial charge is 0.355 e. The summed E-state index contributed by atoms with van der Waals surface area (Å²) in [6.07, 6.45) is -1.08. The Morgan fingerprint density at radius 3 is 2.48 bits per heavy atom. The van der Waals surface area contributed by atoms with E-state index < -0.39 is 23.9 Å². The number of rotatable bonds is 7.